The van der Waals surface area contributed by atoms with Crippen molar-refractivity contribution in [3.05, 3.63) is 41.1 Å². The Labute approximate surface area is 106 Å². The molecule has 0 aliphatic rings. The lowest BCUT2D eigenvalue weighted by molar-refractivity contribution is 0.555. The third-order valence-electron chi connectivity index (χ3n) is 2.45. The van der Waals surface area contributed by atoms with Crippen LogP contribution in [0.1, 0.15) is 0 Å². The first kappa shape index (κ1) is 11.5. The molecular formula is C10H8N4O4S. The van der Waals surface area contributed by atoms with Crippen LogP contribution in [0.25, 0.3) is 11.1 Å². The Bertz CT molecular complexity index is 876. The second kappa shape index (κ2) is 3.99. The Morgan fingerprint density at radius 3 is 2.89 bits per heavy atom. The van der Waals surface area contributed by atoms with Gasteiger partial charge in [-0.05, 0) is 18.2 Å². The van der Waals surface area contributed by atoms with Crippen LogP contribution in [-0.4, -0.2) is 23.6 Å². The van der Waals surface area contributed by atoms with E-state index in [1.54, 1.807) is 0 Å². The number of rotatable bonds is 3. The number of benzene rings is 1. The molecule has 0 aliphatic heterocycles. The maximum Gasteiger partial charge on any atom is 0.417 e. The minimum atomic E-state index is -3.70. The molecule has 0 aliphatic carbocycles. The minimum Gasteiger partial charge on any atom is -0.408 e. The summed E-state index contributed by atoms with van der Waals surface area (Å²) in [6.45, 7) is 0. The Hall–Kier alpha value is -2.55. The number of sulfonamides is 1. The summed E-state index contributed by atoms with van der Waals surface area (Å²) in [6, 6.07) is 4.47. The zero-order valence-corrected chi connectivity index (χ0v) is 10.2. The highest BCUT2D eigenvalue weighted by atomic mass is 32.2. The number of aromatic amines is 2. The maximum atomic E-state index is 11.9. The Balaban J connectivity index is 1.99. The first-order valence-corrected chi connectivity index (χ1v) is 6.67. The van der Waals surface area contributed by atoms with Crippen LogP contribution in [-0.2, 0) is 10.0 Å². The molecule has 0 atom stereocenters. The number of oxazole rings is 1. The molecule has 0 radical (unpaired) electrons. The molecule has 0 unspecified atom stereocenters. The van der Waals surface area contributed by atoms with Gasteiger partial charge in [0.05, 0.1) is 17.4 Å². The monoisotopic (exact) mass is 280 g/mol. The highest BCUT2D eigenvalue weighted by Gasteiger charge is 2.15. The van der Waals surface area contributed by atoms with Crippen molar-refractivity contribution in [1.29, 1.82) is 0 Å². The largest absolute Gasteiger partial charge is 0.417 e. The molecule has 0 saturated carbocycles. The molecule has 9 heteroatoms. The van der Waals surface area contributed by atoms with Crippen LogP contribution in [0.15, 0.2) is 44.7 Å². The third-order valence-corrected chi connectivity index (χ3v) is 3.80. The van der Waals surface area contributed by atoms with E-state index >= 15 is 0 Å². The van der Waals surface area contributed by atoms with E-state index in [2.05, 4.69) is 19.9 Å². The molecule has 8 nitrogen and oxygen atoms in total. The zero-order valence-electron chi connectivity index (χ0n) is 9.38. The van der Waals surface area contributed by atoms with Crippen molar-refractivity contribution in [2.45, 2.75) is 4.90 Å². The predicted octanol–water partition coefficient (Wildman–Crippen LogP) is 0.645. The van der Waals surface area contributed by atoms with Gasteiger partial charge >= 0.3 is 5.76 Å². The fourth-order valence-electron chi connectivity index (χ4n) is 1.62. The molecule has 3 rings (SSSR count). The second-order valence-corrected chi connectivity index (χ2v) is 5.45. The minimum absolute atomic E-state index is 0.0216. The van der Waals surface area contributed by atoms with Gasteiger partial charge in [0, 0.05) is 6.20 Å². The summed E-state index contributed by atoms with van der Waals surface area (Å²) in [7, 11) is -3.70. The molecule has 0 saturated heterocycles. The number of nitrogens with one attached hydrogen (secondary N) is 3. The SMILES string of the molecule is O=c1[nH]c2cc(NS(=O)(=O)c3cn[nH]c3)ccc2o1. The van der Waals surface area contributed by atoms with E-state index in [1.165, 1.54) is 30.6 Å². The number of nitrogens with zero attached hydrogens (tertiary/aromatic N) is 1. The molecule has 98 valence electrons. The molecule has 0 spiro atoms. The van der Waals surface area contributed by atoms with Crippen LogP contribution in [0.5, 0.6) is 0 Å². The van der Waals surface area contributed by atoms with Gasteiger partial charge in [-0.15, -0.1) is 0 Å². The fourth-order valence-corrected chi connectivity index (χ4v) is 2.57. The Morgan fingerprint density at radius 2 is 2.16 bits per heavy atom. The van der Waals surface area contributed by atoms with Gasteiger partial charge in [-0.1, -0.05) is 0 Å². The number of hydrogen-bond donors (Lipinski definition) is 3. The first-order valence-electron chi connectivity index (χ1n) is 5.19. The number of anilines is 1. The van der Waals surface area contributed by atoms with E-state index < -0.39 is 15.8 Å². The second-order valence-electron chi connectivity index (χ2n) is 3.76. The normalized spacial score (nSPS) is 11.8. The van der Waals surface area contributed by atoms with Crippen LogP contribution >= 0.6 is 0 Å². The van der Waals surface area contributed by atoms with Gasteiger partial charge in [-0.25, -0.2) is 13.2 Å². The van der Waals surface area contributed by atoms with Crippen molar-refractivity contribution < 1.29 is 12.8 Å². The maximum absolute atomic E-state index is 11.9. The van der Waals surface area contributed by atoms with E-state index in [1.807, 2.05) is 0 Å². The van der Waals surface area contributed by atoms with Crippen molar-refractivity contribution in [3.8, 4) is 0 Å². The summed E-state index contributed by atoms with van der Waals surface area (Å²) >= 11 is 0. The highest BCUT2D eigenvalue weighted by molar-refractivity contribution is 7.92. The van der Waals surface area contributed by atoms with Crippen molar-refractivity contribution in [2.75, 3.05) is 4.72 Å². The molecule has 0 fully saturated rings. The summed E-state index contributed by atoms with van der Waals surface area (Å²) in [5.74, 6) is -0.593. The van der Waals surface area contributed by atoms with Crippen LogP contribution < -0.4 is 10.5 Å². The summed E-state index contributed by atoms with van der Waals surface area (Å²) in [6.07, 6.45) is 2.46. The molecule has 1 aromatic carbocycles. The molecule has 3 N–H and O–H groups in total. The van der Waals surface area contributed by atoms with Crippen LogP contribution in [0, 0.1) is 0 Å². The first-order chi connectivity index (χ1) is 9.04. The van der Waals surface area contributed by atoms with Gasteiger partial charge in [0.1, 0.15) is 4.90 Å². The van der Waals surface area contributed by atoms with E-state index in [0.29, 0.717) is 16.8 Å². The molecule has 2 heterocycles. The van der Waals surface area contributed by atoms with Crippen LogP contribution in [0.2, 0.25) is 0 Å². The zero-order chi connectivity index (χ0) is 13.5. The van der Waals surface area contributed by atoms with Crippen molar-refractivity contribution >= 4 is 26.8 Å². The average molecular weight is 280 g/mol. The lowest BCUT2D eigenvalue weighted by Gasteiger charge is -2.05. The third kappa shape index (κ3) is 2.10. The van der Waals surface area contributed by atoms with E-state index in [4.69, 9.17) is 4.42 Å². The van der Waals surface area contributed by atoms with Gasteiger partial charge in [0.2, 0.25) is 0 Å². The average Bonchev–Trinajstić information content (AvgIpc) is 2.95. The topological polar surface area (TPSA) is 121 Å². The highest BCUT2D eigenvalue weighted by Crippen LogP contribution is 2.19. The summed E-state index contributed by atoms with van der Waals surface area (Å²) in [4.78, 5) is 13.5. The number of fused-ring (bicyclic) bond motifs is 1. The smallest absolute Gasteiger partial charge is 0.408 e. The number of aromatic nitrogens is 3. The lowest BCUT2D eigenvalue weighted by Crippen LogP contribution is -2.12. The predicted molar refractivity (Wildman–Crippen MR) is 66.2 cm³/mol. The summed E-state index contributed by atoms with van der Waals surface area (Å²) < 4.78 is 31.1. The van der Waals surface area contributed by atoms with Gasteiger partial charge in [-0.3, -0.25) is 14.8 Å². The lowest BCUT2D eigenvalue weighted by atomic mass is 10.3. The van der Waals surface area contributed by atoms with Crippen LogP contribution in [0.4, 0.5) is 5.69 Å². The van der Waals surface area contributed by atoms with Crippen molar-refractivity contribution in [1.82, 2.24) is 15.2 Å². The summed E-state index contributed by atoms with van der Waals surface area (Å²) in [5, 5.41) is 6.00. The molecule has 19 heavy (non-hydrogen) atoms. The molecule has 0 amide bonds. The molecule has 2 aromatic heterocycles. The van der Waals surface area contributed by atoms with Crippen molar-refractivity contribution in [2.24, 2.45) is 0 Å². The van der Waals surface area contributed by atoms with Crippen LogP contribution in [0.3, 0.4) is 0 Å². The number of H-pyrrole nitrogens is 2. The van der Waals surface area contributed by atoms with Gasteiger partial charge in [-0.2, -0.15) is 5.10 Å². The summed E-state index contributed by atoms with van der Waals surface area (Å²) in [5.41, 5.74) is 1.08. The van der Waals surface area contributed by atoms with E-state index in [0.717, 1.165) is 0 Å². The Kier molecular flexibility index (Phi) is 2.42. The van der Waals surface area contributed by atoms with Crippen molar-refractivity contribution in [3.63, 3.8) is 0 Å². The van der Waals surface area contributed by atoms with Gasteiger partial charge in [0.15, 0.2) is 5.58 Å². The molecular weight excluding hydrogens is 272 g/mol. The quantitative estimate of drug-likeness (QED) is 0.650. The molecule has 0 bridgehead atoms. The Morgan fingerprint density at radius 1 is 1.32 bits per heavy atom. The molecule has 3 aromatic rings. The van der Waals surface area contributed by atoms with E-state index in [9.17, 15) is 13.2 Å². The fraction of sp³-hybridized carbons (Fsp3) is 0. The number of hydrogen-bond acceptors (Lipinski definition) is 5. The standard InChI is InChI=1S/C10H8N4O4S/c15-10-13-8-3-6(1-2-9(8)18-10)14-19(16,17)7-4-11-12-5-7/h1-5,14H,(H,11,12)(H,13,15). The van der Waals surface area contributed by atoms with Gasteiger partial charge in [0.25, 0.3) is 10.0 Å². The van der Waals surface area contributed by atoms with E-state index in [-0.39, 0.29) is 4.90 Å². The van der Waals surface area contributed by atoms with Gasteiger partial charge < -0.3 is 4.42 Å².